The van der Waals surface area contributed by atoms with Gasteiger partial charge in [-0.2, -0.15) is 0 Å². The Labute approximate surface area is 125 Å². The number of hydrogen-bond donors (Lipinski definition) is 2. The van der Waals surface area contributed by atoms with Gasteiger partial charge in [0.25, 0.3) is 0 Å². The molecule has 2 rings (SSSR count). The topological polar surface area (TPSA) is 50.7 Å². The highest BCUT2D eigenvalue weighted by Gasteiger charge is 2.06. The van der Waals surface area contributed by atoms with E-state index in [1.54, 1.807) is 7.11 Å². The molecule has 0 saturated heterocycles. The molecule has 2 N–H and O–H groups in total. The second kappa shape index (κ2) is 7.55. The van der Waals surface area contributed by atoms with E-state index in [0.29, 0.717) is 13.2 Å². The number of aliphatic hydroxyl groups is 1. The minimum absolute atomic E-state index is 0.0238. The second-order valence-corrected chi connectivity index (χ2v) is 4.59. The molecule has 0 saturated carbocycles. The van der Waals surface area contributed by atoms with Gasteiger partial charge in [-0.25, -0.2) is 0 Å². The number of hydrogen-bond acceptors (Lipinski definition) is 4. The van der Waals surface area contributed by atoms with Crippen molar-refractivity contribution >= 4 is 5.69 Å². The summed E-state index contributed by atoms with van der Waals surface area (Å²) in [6, 6.07) is 13.6. The first-order chi connectivity index (χ1) is 10.3. The van der Waals surface area contributed by atoms with E-state index in [9.17, 15) is 5.11 Å². The first-order valence-corrected chi connectivity index (χ1v) is 7.00. The van der Waals surface area contributed by atoms with Gasteiger partial charge in [0, 0.05) is 17.8 Å². The molecule has 0 amide bonds. The first kappa shape index (κ1) is 15.2. The number of methoxy groups -OCH3 is 1. The smallest absolute Gasteiger partial charge is 0.161 e. The van der Waals surface area contributed by atoms with Crippen LogP contribution in [0.4, 0.5) is 5.69 Å². The van der Waals surface area contributed by atoms with E-state index in [-0.39, 0.29) is 6.61 Å². The van der Waals surface area contributed by atoms with E-state index < -0.39 is 0 Å². The van der Waals surface area contributed by atoms with Crippen molar-refractivity contribution in [3.05, 3.63) is 53.6 Å². The van der Waals surface area contributed by atoms with Crippen molar-refractivity contribution in [3.8, 4) is 11.5 Å². The molecule has 4 nitrogen and oxygen atoms in total. The largest absolute Gasteiger partial charge is 0.493 e. The zero-order valence-corrected chi connectivity index (χ0v) is 12.4. The number of benzene rings is 2. The average Bonchev–Trinajstić information content (AvgIpc) is 2.53. The van der Waals surface area contributed by atoms with E-state index in [1.807, 2.05) is 49.4 Å². The van der Waals surface area contributed by atoms with E-state index >= 15 is 0 Å². The highest BCUT2D eigenvalue weighted by atomic mass is 16.5. The van der Waals surface area contributed by atoms with Crippen molar-refractivity contribution in [2.75, 3.05) is 19.0 Å². The highest BCUT2D eigenvalue weighted by Crippen LogP contribution is 2.28. The summed E-state index contributed by atoms with van der Waals surface area (Å²) < 4.78 is 10.8. The van der Waals surface area contributed by atoms with Gasteiger partial charge in [0.1, 0.15) is 0 Å². The maximum Gasteiger partial charge on any atom is 0.161 e. The van der Waals surface area contributed by atoms with Crippen LogP contribution >= 0.6 is 0 Å². The fraction of sp³-hybridized carbons (Fsp3) is 0.294. The van der Waals surface area contributed by atoms with Crippen LogP contribution in [-0.4, -0.2) is 18.8 Å². The second-order valence-electron chi connectivity index (χ2n) is 4.59. The van der Waals surface area contributed by atoms with Crippen molar-refractivity contribution in [2.45, 2.75) is 20.1 Å². The van der Waals surface area contributed by atoms with Crippen molar-refractivity contribution in [3.63, 3.8) is 0 Å². The lowest BCUT2D eigenvalue weighted by Crippen LogP contribution is -2.03. The summed E-state index contributed by atoms with van der Waals surface area (Å²) in [5.74, 6) is 1.48. The third-order valence-corrected chi connectivity index (χ3v) is 3.20. The lowest BCUT2D eigenvalue weighted by molar-refractivity contribution is 0.282. The van der Waals surface area contributed by atoms with Crippen LogP contribution in [-0.2, 0) is 13.2 Å². The van der Waals surface area contributed by atoms with Gasteiger partial charge in [-0.15, -0.1) is 0 Å². The monoisotopic (exact) mass is 287 g/mol. The van der Waals surface area contributed by atoms with Gasteiger partial charge in [0.05, 0.1) is 20.3 Å². The van der Waals surface area contributed by atoms with Crippen molar-refractivity contribution in [1.29, 1.82) is 0 Å². The summed E-state index contributed by atoms with van der Waals surface area (Å²) in [5.41, 5.74) is 2.91. The normalized spacial score (nSPS) is 10.2. The molecule has 2 aromatic rings. The molecule has 21 heavy (non-hydrogen) atoms. The quantitative estimate of drug-likeness (QED) is 0.821. The number of ether oxygens (including phenoxy) is 2. The Bertz CT molecular complexity index is 584. The van der Waals surface area contributed by atoms with Crippen LogP contribution in [0.3, 0.4) is 0 Å². The average molecular weight is 287 g/mol. The van der Waals surface area contributed by atoms with Gasteiger partial charge in [-0.3, -0.25) is 0 Å². The Morgan fingerprint density at radius 2 is 1.90 bits per heavy atom. The minimum Gasteiger partial charge on any atom is -0.493 e. The molecule has 0 unspecified atom stereocenters. The van der Waals surface area contributed by atoms with Gasteiger partial charge in [-0.1, -0.05) is 24.3 Å². The summed E-state index contributed by atoms with van der Waals surface area (Å²) >= 11 is 0. The Balaban J connectivity index is 2.11. The van der Waals surface area contributed by atoms with Crippen LogP contribution in [0.2, 0.25) is 0 Å². The fourth-order valence-corrected chi connectivity index (χ4v) is 2.13. The molecule has 2 aromatic carbocycles. The van der Waals surface area contributed by atoms with E-state index in [2.05, 4.69) is 5.32 Å². The zero-order valence-electron chi connectivity index (χ0n) is 12.4. The lowest BCUT2D eigenvalue weighted by Gasteiger charge is -2.13. The number of aliphatic hydroxyl groups excluding tert-OH is 1. The third-order valence-electron chi connectivity index (χ3n) is 3.20. The predicted molar refractivity (Wildman–Crippen MR) is 83.9 cm³/mol. The van der Waals surface area contributed by atoms with Gasteiger partial charge in [0.15, 0.2) is 11.5 Å². The third kappa shape index (κ3) is 3.89. The molecule has 0 bridgehead atoms. The molecule has 0 atom stereocenters. The predicted octanol–water partition coefficient (Wildman–Crippen LogP) is 3.20. The summed E-state index contributed by atoms with van der Waals surface area (Å²) in [7, 11) is 1.63. The van der Waals surface area contributed by atoms with Crippen LogP contribution < -0.4 is 14.8 Å². The van der Waals surface area contributed by atoms with Crippen LogP contribution in [0, 0.1) is 0 Å². The molecule has 4 heteroatoms. The summed E-state index contributed by atoms with van der Waals surface area (Å²) in [5, 5.41) is 12.7. The van der Waals surface area contributed by atoms with Crippen LogP contribution in [0.1, 0.15) is 18.1 Å². The van der Waals surface area contributed by atoms with Gasteiger partial charge in [-0.05, 0) is 30.7 Å². The van der Waals surface area contributed by atoms with Crippen molar-refractivity contribution < 1.29 is 14.6 Å². The number of para-hydroxylation sites is 1. The maximum absolute atomic E-state index is 9.32. The molecule has 0 heterocycles. The van der Waals surface area contributed by atoms with Gasteiger partial charge in [0.2, 0.25) is 0 Å². The zero-order chi connectivity index (χ0) is 15.1. The van der Waals surface area contributed by atoms with Crippen LogP contribution in [0.5, 0.6) is 11.5 Å². The Morgan fingerprint density at radius 1 is 1.10 bits per heavy atom. The molecule has 0 fully saturated rings. The first-order valence-electron chi connectivity index (χ1n) is 7.00. The standard InChI is InChI=1S/C17H21NO3/c1-3-21-17-10-13(8-9-16(17)20-2)11-18-15-7-5-4-6-14(15)12-19/h4-10,18-19H,3,11-12H2,1-2H3. The summed E-state index contributed by atoms with van der Waals surface area (Å²) in [4.78, 5) is 0. The number of anilines is 1. The molecule has 0 aromatic heterocycles. The Morgan fingerprint density at radius 3 is 2.62 bits per heavy atom. The number of rotatable bonds is 7. The summed E-state index contributed by atoms with van der Waals surface area (Å²) in [6.45, 7) is 3.22. The van der Waals surface area contributed by atoms with Crippen molar-refractivity contribution in [2.24, 2.45) is 0 Å². The van der Waals surface area contributed by atoms with Gasteiger partial charge >= 0.3 is 0 Å². The molecule has 0 aliphatic rings. The van der Waals surface area contributed by atoms with Crippen LogP contribution in [0.15, 0.2) is 42.5 Å². The van der Waals surface area contributed by atoms with E-state index in [0.717, 1.165) is 28.3 Å². The molecule has 0 aliphatic carbocycles. The van der Waals surface area contributed by atoms with Gasteiger partial charge < -0.3 is 19.9 Å². The molecular weight excluding hydrogens is 266 g/mol. The fourth-order valence-electron chi connectivity index (χ4n) is 2.13. The molecule has 0 radical (unpaired) electrons. The van der Waals surface area contributed by atoms with Crippen molar-refractivity contribution in [1.82, 2.24) is 0 Å². The van der Waals surface area contributed by atoms with E-state index in [1.165, 1.54) is 0 Å². The summed E-state index contributed by atoms with van der Waals surface area (Å²) in [6.07, 6.45) is 0. The molecule has 0 spiro atoms. The minimum atomic E-state index is 0.0238. The maximum atomic E-state index is 9.32. The van der Waals surface area contributed by atoms with Crippen LogP contribution in [0.25, 0.3) is 0 Å². The molecular formula is C17H21NO3. The molecule has 0 aliphatic heterocycles. The molecule has 112 valence electrons. The highest BCUT2D eigenvalue weighted by molar-refractivity contribution is 5.52. The lowest BCUT2D eigenvalue weighted by atomic mass is 10.1. The Kier molecular flexibility index (Phi) is 5.46. The number of nitrogens with one attached hydrogen (secondary N) is 1. The Hall–Kier alpha value is -2.20. The van der Waals surface area contributed by atoms with E-state index in [4.69, 9.17) is 9.47 Å². The SMILES string of the molecule is CCOc1cc(CNc2ccccc2CO)ccc1OC.